The standard InChI is InChI=1S/C18H32N4O2.2ClH/c1-15(16(23)21-9-5-6-10-21)20-11-13-22(14-12-20)17(24)18(19)7-3-2-4-8-18;;/h15H,2-14,19H2,1H3;2*1H. The third-order valence-electron chi connectivity index (χ3n) is 6.10. The van der Waals surface area contributed by atoms with Crippen LogP contribution in [0.5, 0.6) is 0 Å². The Kier molecular flexibility index (Phi) is 9.13. The zero-order chi connectivity index (χ0) is 17.2. The maximum atomic E-state index is 12.8. The first-order valence-corrected chi connectivity index (χ1v) is 9.62. The summed E-state index contributed by atoms with van der Waals surface area (Å²) in [5.41, 5.74) is 5.75. The molecule has 0 aromatic carbocycles. The Morgan fingerprint density at radius 3 is 1.88 bits per heavy atom. The van der Waals surface area contributed by atoms with E-state index in [0.717, 1.165) is 64.7 Å². The van der Waals surface area contributed by atoms with E-state index in [2.05, 4.69) is 4.90 Å². The molecule has 2 heterocycles. The van der Waals surface area contributed by atoms with E-state index in [9.17, 15) is 9.59 Å². The van der Waals surface area contributed by atoms with E-state index in [1.807, 2.05) is 16.7 Å². The van der Waals surface area contributed by atoms with Crippen molar-refractivity contribution in [3.05, 3.63) is 0 Å². The molecule has 0 spiro atoms. The number of nitrogens with two attached hydrogens (primary N) is 1. The molecule has 1 atom stereocenters. The van der Waals surface area contributed by atoms with Crippen LogP contribution in [0.1, 0.15) is 51.9 Å². The maximum absolute atomic E-state index is 12.8. The van der Waals surface area contributed by atoms with Gasteiger partial charge in [0.25, 0.3) is 0 Å². The number of amides is 2. The summed E-state index contributed by atoms with van der Waals surface area (Å²) in [6.45, 7) is 6.72. The third kappa shape index (κ3) is 5.03. The van der Waals surface area contributed by atoms with Crippen LogP contribution in [-0.4, -0.2) is 77.4 Å². The van der Waals surface area contributed by atoms with Gasteiger partial charge < -0.3 is 15.5 Å². The van der Waals surface area contributed by atoms with Gasteiger partial charge in [-0.1, -0.05) is 19.3 Å². The van der Waals surface area contributed by atoms with E-state index in [1.165, 1.54) is 6.42 Å². The van der Waals surface area contributed by atoms with Gasteiger partial charge in [0.05, 0.1) is 11.6 Å². The number of likely N-dealkylation sites (tertiary alicyclic amines) is 1. The Bertz CT molecular complexity index is 472. The summed E-state index contributed by atoms with van der Waals surface area (Å²) < 4.78 is 0. The highest BCUT2D eigenvalue weighted by molar-refractivity contribution is 5.86. The van der Waals surface area contributed by atoms with Crippen molar-refractivity contribution < 1.29 is 9.59 Å². The van der Waals surface area contributed by atoms with Gasteiger partial charge in [-0.15, -0.1) is 24.8 Å². The van der Waals surface area contributed by atoms with E-state index in [4.69, 9.17) is 5.73 Å². The number of hydrogen-bond acceptors (Lipinski definition) is 4. The molecule has 3 aliphatic rings. The molecule has 0 radical (unpaired) electrons. The number of nitrogens with zero attached hydrogens (tertiary/aromatic N) is 3. The van der Waals surface area contributed by atoms with Crippen molar-refractivity contribution >= 4 is 36.6 Å². The van der Waals surface area contributed by atoms with Gasteiger partial charge in [0.15, 0.2) is 0 Å². The van der Waals surface area contributed by atoms with Gasteiger partial charge >= 0.3 is 0 Å². The van der Waals surface area contributed by atoms with Crippen LogP contribution >= 0.6 is 24.8 Å². The number of halogens is 2. The molecule has 8 heteroatoms. The van der Waals surface area contributed by atoms with Gasteiger partial charge in [-0.2, -0.15) is 0 Å². The summed E-state index contributed by atoms with van der Waals surface area (Å²) in [5, 5.41) is 0. The maximum Gasteiger partial charge on any atom is 0.242 e. The molecule has 0 aromatic rings. The van der Waals surface area contributed by atoms with Crippen LogP contribution in [0, 0.1) is 0 Å². The molecule has 1 aliphatic carbocycles. The molecule has 3 rings (SSSR count). The molecule has 152 valence electrons. The fourth-order valence-electron chi connectivity index (χ4n) is 4.38. The topological polar surface area (TPSA) is 69.9 Å². The summed E-state index contributed by atoms with van der Waals surface area (Å²) in [7, 11) is 0. The van der Waals surface area contributed by atoms with Crippen LogP contribution in [0.4, 0.5) is 0 Å². The predicted molar refractivity (Wildman–Crippen MR) is 108 cm³/mol. The Hall–Kier alpha value is -0.560. The number of hydrogen-bond donors (Lipinski definition) is 1. The van der Waals surface area contributed by atoms with Crippen LogP contribution in [0.2, 0.25) is 0 Å². The first kappa shape index (κ1) is 23.5. The van der Waals surface area contributed by atoms with Gasteiger partial charge in [-0.05, 0) is 32.6 Å². The Morgan fingerprint density at radius 1 is 0.808 bits per heavy atom. The highest BCUT2D eigenvalue weighted by Crippen LogP contribution is 2.28. The summed E-state index contributed by atoms with van der Waals surface area (Å²) in [6, 6.07) is -0.0816. The second kappa shape index (κ2) is 10.1. The second-order valence-corrected chi connectivity index (χ2v) is 7.75. The van der Waals surface area contributed by atoms with E-state index in [-0.39, 0.29) is 42.7 Å². The lowest BCUT2D eigenvalue weighted by Gasteiger charge is -2.42. The number of carbonyl (C=O) groups is 2. The minimum absolute atomic E-state index is 0. The monoisotopic (exact) mass is 408 g/mol. The molecular formula is C18H34Cl2N4O2. The highest BCUT2D eigenvalue weighted by Gasteiger charge is 2.40. The number of rotatable bonds is 3. The lowest BCUT2D eigenvalue weighted by atomic mass is 9.81. The molecule has 2 saturated heterocycles. The zero-order valence-electron chi connectivity index (χ0n) is 15.8. The SMILES string of the molecule is CC(C(=O)N1CCCC1)N1CCN(C(=O)C2(N)CCCCC2)CC1.Cl.Cl. The van der Waals surface area contributed by atoms with Crippen molar-refractivity contribution in [2.24, 2.45) is 5.73 Å². The molecule has 1 unspecified atom stereocenters. The fourth-order valence-corrected chi connectivity index (χ4v) is 4.38. The van der Waals surface area contributed by atoms with Crippen molar-refractivity contribution in [2.75, 3.05) is 39.3 Å². The summed E-state index contributed by atoms with van der Waals surface area (Å²) in [4.78, 5) is 31.5. The molecule has 2 amide bonds. The van der Waals surface area contributed by atoms with Crippen molar-refractivity contribution in [1.82, 2.24) is 14.7 Å². The highest BCUT2D eigenvalue weighted by atomic mass is 35.5. The number of piperazine rings is 1. The first-order chi connectivity index (χ1) is 11.5. The van der Waals surface area contributed by atoms with Crippen LogP contribution in [0.3, 0.4) is 0 Å². The van der Waals surface area contributed by atoms with Crippen LogP contribution < -0.4 is 5.73 Å². The zero-order valence-corrected chi connectivity index (χ0v) is 17.5. The van der Waals surface area contributed by atoms with Gasteiger partial charge in [0, 0.05) is 39.3 Å². The van der Waals surface area contributed by atoms with Gasteiger partial charge in [-0.3, -0.25) is 14.5 Å². The first-order valence-electron chi connectivity index (χ1n) is 9.62. The summed E-state index contributed by atoms with van der Waals surface area (Å²) in [5.74, 6) is 0.371. The second-order valence-electron chi connectivity index (χ2n) is 7.75. The normalized spacial score (nSPS) is 24.4. The van der Waals surface area contributed by atoms with Crippen molar-refractivity contribution in [2.45, 2.75) is 63.5 Å². The number of carbonyl (C=O) groups excluding carboxylic acids is 2. The molecular weight excluding hydrogens is 375 g/mol. The minimum atomic E-state index is -0.641. The predicted octanol–water partition coefficient (Wildman–Crippen LogP) is 1.65. The van der Waals surface area contributed by atoms with Crippen molar-refractivity contribution in [3.8, 4) is 0 Å². The fraction of sp³-hybridized carbons (Fsp3) is 0.889. The molecule has 0 bridgehead atoms. The van der Waals surface area contributed by atoms with Crippen LogP contribution in [-0.2, 0) is 9.59 Å². The minimum Gasteiger partial charge on any atom is -0.341 e. The average Bonchev–Trinajstić information content (AvgIpc) is 3.15. The molecule has 6 nitrogen and oxygen atoms in total. The summed E-state index contributed by atoms with van der Waals surface area (Å²) in [6.07, 6.45) is 7.19. The van der Waals surface area contributed by atoms with Gasteiger partial charge in [0.2, 0.25) is 11.8 Å². The lowest BCUT2D eigenvalue weighted by molar-refractivity contribution is -0.142. The van der Waals surface area contributed by atoms with Gasteiger partial charge in [0.1, 0.15) is 0 Å². The lowest BCUT2D eigenvalue weighted by Crippen LogP contribution is -2.61. The van der Waals surface area contributed by atoms with E-state index >= 15 is 0 Å². The van der Waals surface area contributed by atoms with E-state index < -0.39 is 5.54 Å². The third-order valence-corrected chi connectivity index (χ3v) is 6.10. The largest absolute Gasteiger partial charge is 0.341 e. The van der Waals surface area contributed by atoms with Crippen LogP contribution in [0.25, 0.3) is 0 Å². The van der Waals surface area contributed by atoms with Crippen LogP contribution in [0.15, 0.2) is 0 Å². The molecule has 26 heavy (non-hydrogen) atoms. The Labute approximate surface area is 169 Å². The van der Waals surface area contributed by atoms with E-state index in [0.29, 0.717) is 13.1 Å². The Balaban J connectivity index is 0.00000169. The van der Waals surface area contributed by atoms with E-state index in [1.54, 1.807) is 0 Å². The Morgan fingerprint density at radius 2 is 1.35 bits per heavy atom. The van der Waals surface area contributed by atoms with Gasteiger partial charge in [-0.25, -0.2) is 0 Å². The van der Waals surface area contributed by atoms with Crippen molar-refractivity contribution in [1.29, 1.82) is 0 Å². The molecule has 2 N–H and O–H groups in total. The molecule has 3 fully saturated rings. The summed E-state index contributed by atoms with van der Waals surface area (Å²) >= 11 is 0. The smallest absolute Gasteiger partial charge is 0.242 e. The average molecular weight is 409 g/mol. The molecule has 0 aromatic heterocycles. The molecule has 1 saturated carbocycles. The quantitative estimate of drug-likeness (QED) is 0.770. The van der Waals surface area contributed by atoms with Crippen molar-refractivity contribution in [3.63, 3.8) is 0 Å². The molecule has 2 aliphatic heterocycles.